The highest BCUT2D eigenvalue weighted by molar-refractivity contribution is 5.42. The number of rotatable bonds is 4. The van der Waals surface area contributed by atoms with Gasteiger partial charge in [0.05, 0.1) is 11.4 Å². The molecule has 0 spiro atoms. The third kappa shape index (κ3) is 3.62. The van der Waals surface area contributed by atoms with E-state index >= 15 is 0 Å². The van der Waals surface area contributed by atoms with Gasteiger partial charge in [-0.2, -0.15) is 0 Å². The number of aromatic nitrogens is 4. The molecule has 1 saturated carbocycles. The first-order valence-electron chi connectivity index (χ1n) is 10.6. The van der Waals surface area contributed by atoms with Crippen molar-refractivity contribution in [1.29, 1.82) is 0 Å². The Morgan fingerprint density at radius 1 is 1.00 bits per heavy atom. The van der Waals surface area contributed by atoms with Gasteiger partial charge >= 0.3 is 0 Å². The van der Waals surface area contributed by atoms with Gasteiger partial charge in [0.2, 0.25) is 0 Å². The van der Waals surface area contributed by atoms with Crippen molar-refractivity contribution in [3.8, 4) is 0 Å². The zero-order chi connectivity index (χ0) is 19.3. The summed E-state index contributed by atoms with van der Waals surface area (Å²) in [7, 11) is 0. The lowest BCUT2D eigenvalue weighted by Crippen LogP contribution is -2.29. The Labute approximate surface area is 167 Å². The first-order chi connectivity index (χ1) is 13.5. The van der Waals surface area contributed by atoms with Crippen molar-refractivity contribution >= 4 is 5.82 Å². The van der Waals surface area contributed by atoms with Gasteiger partial charge in [-0.1, -0.05) is 20.8 Å². The van der Waals surface area contributed by atoms with E-state index in [0.717, 1.165) is 61.9 Å². The lowest BCUT2D eigenvalue weighted by Gasteiger charge is -2.24. The summed E-state index contributed by atoms with van der Waals surface area (Å²) in [4.78, 5) is 23.3. The highest BCUT2D eigenvalue weighted by Crippen LogP contribution is 2.38. The molecule has 2 saturated heterocycles. The number of anilines is 1. The summed E-state index contributed by atoms with van der Waals surface area (Å²) in [6.07, 6.45) is 6.18. The molecule has 148 valence electrons. The molecule has 0 aromatic carbocycles. The number of fused-ring (bicyclic) bond motifs is 1. The van der Waals surface area contributed by atoms with Crippen molar-refractivity contribution in [3.63, 3.8) is 0 Å². The largest absolute Gasteiger partial charge is 0.356 e. The second-order valence-corrected chi connectivity index (χ2v) is 9.81. The summed E-state index contributed by atoms with van der Waals surface area (Å²) < 4.78 is 0. The molecule has 6 nitrogen and oxygen atoms in total. The van der Waals surface area contributed by atoms with Gasteiger partial charge in [-0.15, -0.1) is 0 Å². The first kappa shape index (κ1) is 18.0. The second-order valence-electron chi connectivity index (χ2n) is 9.81. The van der Waals surface area contributed by atoms with Gasteiger partial charge in [0, 0.05) is 56.3 Å². The summed E-state index contributed by atoms with van der Waals surface area (Å²) in [6.45, 7) is 12.1. The molecular weight excluding hydrogens is 348 g/mol. The molecule has 2 aromatic heterocycles. The molecule has 1 aliphatic carbocycles. The molecule has 2 aromatic rings. The molecule has 2 unspecified atom stereocenters. The maximum atomic E-state index is 4.81. The minimum Gasteiger partial charge on any atom is -0.356 e. The number of likely N-dealkylation sites (tertiary alicyclic amines) is 1. The molecule has 6 heteroatoms. The van der Waals surface area contributed by atoms with Crippen molar-refractivity contribution in [3.05, 3.63) is 41.9 Å². The van der Waals surface area contributed by atoms with E-state index in [1.165, 1.54) is 18.5 Å². The zero-order valence-corrected chi connectivity index (χ0v) is 17.2. The Morgan fingerprint density at radius 2 is 1.75 bits per heavy atom. The minimum absolute atomic E-state index is 0.0565. The predicted octanol–water partition coefficient (Wildman–Crippen LogP) is 3.01. The van der Waals surface area contributed by atoms with E-state index in [1.807, 2.05) is 6.20 Å². The van der Waals surface area contributed by atoms with Crippen molar-refractivity contribution in [2.45, 2.75) is 51.5 Å². The van der Waals surface area contributed by atoms with Crippen LogP contribution in [-0.2, 0) is 12.0 Å². The topological polar surface area (TPSA) is 58.0 Å². The summed E-state index contributed by atoms with van der Waals surface area (Å²) in [6, 6.07) is 4.26. The fraction of sp³-hybridized carbons (Fsp3) is 0.636. The third-order valence-electron chi connectivity index (χ3n) is 6.37. The Bertz CT molecular complexity index is 842. The highest BCUT2D eigenvalue weighted by Gasteiger charge is 2.40. The van der Waals surface area contributed by atoms with Crippen molar-refractivity contribution < 1.29 is 0 Å². The van der Waals surface area contributed by atoms with Crippen LogP contribution in [0.25, 0.3) is 0 Å². The Hall–Kier alpha value is -2.08. The molecule has 3 aliphatic rings. The van der Waals surface area contributed by atoms with Crippen molar-refractivity contribution in [2.24, 2.45) is 11.8 Å². The van der Waals surface area contributed by atoms with Crippen LogP contribution in [0.3, 0.4) is 0 Å². The summed E-state index contributed by atoms with van der Waals surface area (Å²) >= 11 is 0. The SMILES string of the molecule is CC(C)(C)c1cc(N2CC3CN(Cc4ccnc(C5CC5)n4)CC3C2)ncn1. The lowest BCUT2D eigenvalue weighted by atomic mass is 9.92. The van der Waals surface area contributed by atoms with E-state index in [2.05, 4.69) is 57.7 Å². The van der Waals surface area contributed by atoms with E-state index in [1.54, 1.807) is 6.33 Å². The Kier molecular flexibility index (Phi) is 4.34. The average Bonchev–Trinajstić information content (AvgIpc) is 3.34. The monoisotopic (exact) mass is 378 g/mol. The molecule has 0 amide bonds. The van der Waals surface area contributed by atoms with Crippen LogP contribution in [-0.4, -0.2) is 51.0 Å². The Morgan fingerprint density at radius 3 is 2.43 bits per heavy atom. The van der Waals surface area contributed by atoms with E-state index in [0.29, 0.717) is 5.92 Å². The maximum Gasteiger partial charge on any atom is 0.132 e. The molecule has 3 fully saturated rings. The molecule has 0 N–H and O–H groups in total. The van der Waals surface area contributed by atoms with Crippen LogP contribution in [0.4, 0.5) is 5.82 Å². The van der Waals surface area contributed by atoms with Crippen LogP contribution in [0.2, 0.25) is 0 Å². The van der Waals surface area contributed by atoms with Crippen LogP contribution < -0.4 is 4.90 Å². The van der Waals surface area contributed by atoms with Crippen molar-refractivity contribution in [1.82, 2.24) is 24.8 Å². The number of hydrogen-bond acceptors (Lipinski definition) is 6. The van der Waals surface area contributed by atoms with Crippen LogP contribution >= 0.6 is 0 Å². The van der Waals surface area contributed by atoms with Crippen LogP contribution in [0.15, 0.2) is 24.7 Å². The van der Waals surface area contributed by atoms with Gasteiger partial charge in [0.15, 0.2) is 0 Å². The van der Waals surface area contributed by atoms with E-state index in [4.69, 9.17) is 4.98 Å². The van der Waals surface area contributed by atoms with Gasteiger partial charge in [-0.25, -0.2) is 19.9 Å². The quantitative estimate of drug-likeness (QED) is 0.815. The second kappa shape index (κ2) is 6.76. The van der Waals surface area contributed by atoms with Crippen molar-refractivity contribution in [2.75, 3.05) is 31.1 Å². The third-order valence-corrected chi connectivity index (χ3v) is 6.37. The van der Waals surface area contributed by atoms with E-state index < -0.39 is 0 Å². The summed E-state index contributed by atoms with van der Waals surface area (Å²) in [5, 5.41) is 0. The standard InChI is InChI=1S/C22H30N6/c1-22(2,3)19-8-20(25-14-24-19)28-11-16-9-27(10-17(16)12-28)13-18-6-7-23-21(26-18)15-4-5-15/h6-8,14-17H,4-5,9-13H2,1-3H3. The zero-order valence-electron chi connectivity index (χ0n) is 17.2. The molecule has 4 heterocycles. The van der Waals surface area contributed by atoms with Gasteiger partial charge < -0.3 is 4.90 Å². The average molecular weight is 379 g/mol. The first-order valence-corrected chi connectivity index (χ1v) is 10.6. The predicted molar refractivity (Wildman–Crippen MR) is 109 cm³/mol. The fourth-order valence-electron chi connectivity index (χ4n) is 4.60. The van der Waals surface area contributed by atoms with E-state index in [9.17, 15) is 0 Å². The molecule has 28 heavy (non-hydrogen) atoms. The van der Waals surface area contributed by atoms with E-state index in [-0.39, 0.29) is 5.41 Å². The number of nitrogens with zero attached hydrogens (tertiary/aromatic N) is 6. The fourth-order valence-corrected chi connectivity index (χ4v) is 4.60. The normalized spacial score (nSPS) is 25.3. The molecule has 0 radical (unpaired) electrons. The molecule has 5 rings (SSSR count). The lowest BCUT2D eigenvalue weighted by molar-refractivity contribution is 0.304. The smallest absolute Gasteiger partial charge is 0.132 e. The maximum absolute atomic E-state index is 4.81. The summed E-state index contributed by atoms with van der Waals surface area (Å²) in [5.74, 6) is 4.21. The van der Waals surface area contributed by atoms with Crippen LogP contribution in [0, 0.1) is 11.8 Å². The molecule has 2 aliphatic heterocycles. The van der Waals surface area contributed by atoms with Crippen LogP contribution in [0.5, 0.6) is 0 Å². The Balaban J connectivity index is 1.21. The van der Waals surface area contributed by atoms with Crippen LogP contribution in [0.1, 0.15) is 56.7 Å². The van der Waals surface area contributed by atoms with Gasteiger partial charge in [-0.05, 0) is 30.7 Å². The van der Waals surface area contributed by atoms with Gasteiger partial charge in [0.1, 0.15) is 18.0 Å². The molecular formula is C22H30N6. The minimum atomic E-state index is 0.0565. The summed E-state index contributed by atoms with van der Waals surface area (Å²) in [5.41, 5.74) is 2.35. The number of hydrogen-bond donors (Lipinski definition) is 0. The van der Waals surface area contributed by atoms with Gasteiger partial charge in [-0.3, -0.25) is 4.90 Å². The highest BCUT2D eigenvalue weighted by atomic mass is 15.3. The molecule has 0 bridgehead atoms. The van der Waals surface area contributed by atoms with Gasteiger partial charge in [0.25, 0.3) is 0 Å². The molecule has 2 atom stereocenters.